The molecule has 0 amide bonds. The number of allylic oxidation sites excluding steroid dienone is 2. The molecule has 0 saturated carbocycles. The summed E-state index contributed by atoms with van der Waals surface area (Å²) < 4.78 is 62.9. The minimum Gasteiger partial charge on any atom is -0.366 e. The van der Waals surface area contributed by atoms with E-state index in [9.17, 15) is 17.6 Å². The highest BCUT2D eigenvalue weighted by atomic mass is 19.4. The molecule has 4 aromatic rings. The van der Waals surface area contributed by atoms with E-state index >= 15 is 4.39 Å². The summed E-state index contributed by atoms with van der Waals surface area (Å²) in [5.41, 5.74) is 3.63. The SMILES string of the molecule is C=CC.C=CC(=C)Nc1ccc(F)c(Nc2nc(Nc3cnn(C)c3)ncc2-c2ccc(N3CC(N(C)C)C3)c(F)c2)c1.CC.CC.CC(F)(F)F. The number of nitrogens with zero attached hydrogens (tertiary/aromatic N) is 6. The second kappa shape index (κ2) is 21.9. The molecular weight excluding hydrogens is 677 g/mol. The van der Waals surface area contributed by atoms with E-state index in [2.05, 4.69) is 55.7 Å². The van der Waals surface area contributed by atoms with E-state index in [-0.39, 0.29) is 24.4 Å². The van der Waals surface area contributed by atoms with Gasteiger partial charge in [0.25, 0.3) is 0 Å². The van der Waals surface area contributed by atoms with Crippen molar-refractivity contribution in [2.24, 2.45) is 7.05 Å². The molecule has 9 nitrogen and oxygen atoms in total. The van der Waals surface area contributed by atoms with Gasteiger partial charge in [-0.15, -0.1) is 6.58 Å². The molecule has 2 aromatic carbocycles. The lowest BCUT2D eigenvalue weighted by Gasteiger charge is -2.44. The first-order valence-electron chi connectivity index (χ1n) is 16.7. The van der Waals surface area contributed by atoms with Crippen molar-refractivity contribution in [3.63, 3.8) is 0 Å². The normalized spacial score (nSPS) is 11.8. The first-order chi connectivity index (χ1) is 24.6. The van der Waals surface area contributed by atoms with Crippen LogP contribution in [0.25, 0.3) is 11.1 Å². The van der Waals surface area contributed by atoms with Gasteiger partial charge in [0.1, 0.15) is 17.5 Å². The van der Waals surface area contributed by atoms with Crippen molar-refractivity contribution in [3.05, 3.63) is 104 Å². The Hall–Kier alpha value is -5.24. The number of hydrogen-bond donors (Lipinski definition) is 3. The van der Waals surface area contributed by atoms with Gasteiger partial charge in [-0.25, -0.2) is 13.8 Å². The van der Waals surface area contributed by atoms with Crippen LogP contribution < -0.4 is 20.9 Å². The Morgan fingerprint density at radius 3 is 2.08 bits per heavy atom. The average Bonchev–Trinajstić information content (AvgIpc) is 3.48. The standard InChI is InChI=1S/C29H31F2N9.C3H6.C2H3F3.2C2H6/c1-6-18(2)34-20-8-9-24(30)26(12-20)36-28-23(14-32-29(37-28)35-21-13-33-39(5)15-21)19-7-10-27(25(31)11-19)40-16-22(17-40)38(3)4;1-3-2;1-2(3,4)5;2*1-2/h6-15,22,34H,1-2,16-17H2,3-5H3,(H2,32,35,36,37);3H,1H2,2H3;1H3;2*1-2H3. The summed E-state index contributed by atoms with van der Waals surface area (Å²) in [6.45, 7) is 22.5. The van der Waals surface area contributed by atoms with Crippen molar-refractivity contribution in [1.29, 1.82) is 0 Å². The van der Waals surface area contributed by atoms with Crippen molar-refractivity contribution >= 4 is 34.5 Å². The van der Waals surface area contributed by atoms with Crippen molar-refractivity contribution in [3.8, 4) is 11.1 Å². The maximum atomic E-state index is 15.3. The molecule has 0 unspecified atom stereocenters. The number of rotatable bonds is 10. The quantitative estimate of drug-likeness (QED) is 0.0845. The summed E-state index contributed by atoms with van der Waals surface area (Å²) in [7, 11) is 5.84. The molecule has 0 atom stereocenters. The fourth-order valence-corrected chi connectivity index (χ4v) is 4.34. The van der Waals surface area contributed by atoms with Gasteiger partial charge in [0.2, 0.25) is 5.95 Å². The lowest BCUT2D eigenvalue weighted by Crippen LogP contribution is -2.57. The maximum absolute atomic E-state index is 15.3. The van der Waals surface area contributed by atoms with E-state index < -0.39 is 12.0 Å². The van der Waals surface area contributed by atoms with Gasteiger partial charge in [-0.05, 0) is 63.0 Å². The molecule has 1 aliphatic heterocycles. The molecular formula is C38H52F5N9. The zero-order valence-electron chi connectivity index (χ0n) is 31.5. The van der Waals surface area contributed by atoms with Gasteiger partial charge < -0.3 is 25.8 Å². The van der Waals surface area contributed by atoms with Crippen LogP contribution in [0.2, 0.25) is 0 Å². The Morgan fingerprint density at radius 2 is 1.56 bits per heavy atom. The van der Waals surface area contributed by atoms with E-state index in [1.807, 2.05) is 59.7 Å². The van der Waals surface area contributed by atoms with Gasteiger partial charge in [0, 0.05) is 62.4 Å². The third-order valence-electron chi connectivity index (χ3n) is 6.71. The highest BCUT2D eigenvalue weighted by Gasteiger charge is 2.30. The largest absolute Gasteiger partial charge is 0.386 e. The van der Waals surface area contributed by atoms with E-state index in [0.717, 1.165) is 13.1 Å². The minimum absolute atomic E-state index is 0.168. The van der Waals surface area contributed by atoms with Gasteiger partial charge in [-0.2, -0.15) is 23.3 Å². The van der Waals surface area contributed by atoms with Gasteiger partial charge >= 0.3 is 6.18 Å². The number of aromatic nitrogens is 4. The summed E-state index contributed by atoms with van der Waals surface area (Å²) >= 11 is 0. The highest BCUT2D eigenvalue weighted by molar-refractivity contribution is 5.80. The fraction of sp³-hybridized carbons (Fsp3) is 0.342. The molecule has 284 valence electrons. The molecule has 0 aliphatic carbocycles. The lowest BCUT2D eigenvalue weighted by atomic mass is 10.0. The number of halogens is 5. The van der Waals surface area contributed by atoms with Crippen LogP contribution in [-0.2, 0) is 7.05 Å². The van der Waals surface area contributed by atoms with Crippen molar-refractivity contribution < 1.29 is 22.0 Å². The van der Waals surface area contributed by atoms with Gasteiger partial charge in [0.15, 0.2) is 0 Å². The van der Waals surface area contributed by atoms with E-state index in [1.54, 1.807) is 60.7 Å². The Morgan fingerprint density at radius 1 is 0.942 bits per heavy atom. The zero-order valence-corrected chi connectivity index (χ0v) is 31.5. The molecule has 5 rings (SSSR count). The van der Waals surface area contributed by atoms with Crippen molar-refractivity contribution in [2.45, 2.75) is 53.8 Å². The molecule has 3 heterocycles. The number of benzene rings is 2. The predicted molar refractivity (Wildman–Crippen MR) is 207 cm³/mol. The van der Waals surface area contributed by atoms with Crippen LogP contribution in [0, 0.1) is 11.6 Å². The van der Waals surface area contributed by atoms with Crippen LogP contribution in [0.1, 0.15) is 41.5 Å². The van der Waals surface area contributed by atoms with Gasteiger partial charge in [0.05, 0.1) is 23.3 Å². The van der Waals surface area contributed by atoms with Crippen LogP contribution in [0.5, 0.6) is 0 Å². The Labute approximate surface area is 305 Å². The predicted octanol–water partition coefficient (Wildman–Crippen LogP) is 10.3. The number of nitrogens with one attached hydrogen (secondary N) is 3. The van der Waals surface area contributed by atoms with Crippen LogP contribution >= 0.6 is 0 Å². The first kappa shape index (κ1) is 44.8. The van der Waals surface area contributed by atoms with Crippen LogP contribution in [0.3, 0.4) is 0 Å². The van der Waals surface area contributed by atoms with Crippen molar-refractivity contribution in [2.75, 3.05) is 48.0 Å². The summed E-state index contributed by atoms with van der Waals surface area (Å²) in [5, 5.41) is 13.4. The molecule has 0 spiro atoms. The zero-order chi connectivity index (χ0) is 39.6. The van der Waals surface area contributed by atoms with E-state index in [0.29, 0.717) is 45.7 Å². The smallest absolute Gasteiger partial charge is 0.366 e. The van der Waals surface area contributed by atoms with Crippen LogP contribution in [0.15, 0.2) is 92.6 Å². The van der Waals surface area contributed by atoms with Crippen LogP contribution in [-0.4, -0.2) is 64.1 Å². The number of likely N-dealkylation sites (N-methyl/N-ethyl adjacent to an activating group) is 1. The topological polar surface area (TPSA) is 86.2 Å². The molecule has 1 fully saturated rings. The highest BCUT2D eigenvalue weighted by Crippen LogP contribution is 2.35. The Bertz CT molecular complexity index is 1710. The van der Waals surface area contributed by atoms with E-state index in [1.165, 1.54) is 12.1 Å². The molecule has 1 saturated heterocycles. The first-order valence-corrected chi connectivity index (χ1v) is 16.7. The van der Waals surface area contributed by atoms with Gasteiger partial charge in [-0.1, -0.05) is 53.0 Å². The monoisotopic (exact) mass is 729 g/mol. The number of anilines is 6. The fourth-order valence-electron chi connectivity index (χ4n) is 4.34. The van der Waals surface area contributed by atoms with Crippen molar-refractivity contribution in [1.82, 2.24) is 24.6 Å². The molecule has 2 aromatic heterocycles. The summed E-state index contributed by atoms with van der Waals surface area (Å²) in [5.74, 6) is -0.278. The number of alkyl halides is 3. The molecule has 52 heavy (non-hydrogen) atoms. The second-order valence-electron chi connectivity index (χ2n) is 11.0. The molecule has 0 radical (unpaired) electrons. The maximum Gasteiger partial charge on any atom is 0.386 e. The third-order valence-corrected chi connectivity index (χ3v) is 6.71. The minimum atomic E-state index is -4.00. The Balaban J connectivity index is 0.000000996. The van der Waals surface area contributed by atoms with E-state index in [4.69, 9.17) is 0 Å². The third kappa shape index (κ3) is 14.5. The number of aryl methyl sites for hydroxylation is 1. The Kier molecular flexibility index (Phi) is 18.8. The summed E-state index contributed by atoms with van der Waals surface area (Å²) in [4.78, 5) is 13.2. The van der Waals surface area contributed by atoms with Gasteiger partial charge in [-0.3, -0.25) is 4.68 Å². The molecule has 3 N–H and O–H groups in total. The number of hydrogen-bond acceptors (Lipinski definition) is 8. The molecule has 1 aliphatic rings. The molecule has 14 heteroatoms. The lowest BCUT2D eigenvalue weighted by molar-refractivity contribution is -0.110. The second-order valence-corrected chi connectivity index (χ2v) is 11.0. The summed E-state index contributed by atoms with van der Waals surface area (Å²) in [6, 6.07) is 9.95. The molecule has 0 bridgehead atoms. The summed E-state index contributed by atoms with van der Waals surface area (Å²) in [6.07, 6.45) is 4.30. The average molecular weight is 730 g/mol. The van der Waals surface area contributed by atoms with Crippen LogP contribution in [0.4, 0.5) is 56.5 Å².